The molecular weight excluding hydrogens is 264 g/mol. The Morgan fingerprint density at radius 3 is 2.95 bits per heavy atom. The van der Waals surface area contributed by atoms with Crippen molar-refractivity contribution in [2.24, 2.45) is 0 Å². The zero-order chi connectivity index (χ0) is 14.7. The monoisotopic (exact) mass is 278 g/mol. The van der Waals surface area contributed by atoms with Crippen molar-refractivity contribution < 1.29 is 4.42 Å². The SMILES string of the molecule is CCc1cnc(CNc2cc(C#N)c3ccccc3n2)o1. The topological polar surface area (TPSA) is 74.7 Å². The number of pyridine rings is 1. The van der Waals surface area contributed by atoms with Gasteiger partial charge in [-0.15, -0.1) is 0 Å². The van der Waals surface area contributed by atoms with Crippen molar-refractivity contribution >= 4 is 16.7 Å². The van der Waals surface area contributed by atoms with Crippen molar-refractivity contribution in [3.05, 3.63) is 53.7 Å². The van der Waals surface area contributed by atoms with Gasteiger partial charge in [0.2, 0.25) is 5.89 Å². The maximum absolute atomic E-state index is 9.24. The molecule has 0 fully saturated rings. The minimum atomic E-state index is 0.441. The average molecular weight is 278 g/mol. The molecule has 0 unspecified atom stereocenters. The summed E-state index contributed by atoms with van der Waals surface area (Å²) in [7, 11) is 0. The fraction of sp³-hybridized carbons (Fsp3) is 0.188. The van der Waals surface area contributed by atoms with E-state index in [0.29, 0.717) is 23.8 Å². The second-order valence-electron chi connectivity index (χ2n) is 4.61. The van der Waals surface area contributed by atoms with Crippen LogP contribution in [0.2, 0.25) is 0 Å². The number of nitrogens with zero attached hydrogens (tertiary/aromatic N) is 3. The average Bonchev–Trinajstić information content (AvgIpc) is 3.00. The number of rotatable bonds is 4. The summed E-state index contributed by atoms with van der Waals surface area (Å²) < 4.78 is 5.53. The lowest BCUT2D eigenvalue weighted by atomic mass is 10.1. The van der Waals surface area contributed by atoms with Crippen LogP contribution in [0.4, 0.5) is 5.82 Å². The number of hydrogen-bond donors (Lipinski definition) is 1. The van der Waals surface area contributed by atoms with Crippen LogP contribution in [0.15, 0.2) is 40.9 Å². The molecular formula is C16H14N4O. The summed E-state index contributed by atoms with van der Waals surface area (Å²) in [5.74, 6) is 2.11. The molecule has 0 atom stereocenters. The molecule has 0 spiro atoms. The molecule has 104 valence electrons. The Kier molecular flexibility index (Phi) is 3.52. The van der Waals surface area contributed by atoms with E-state index in [4.69, 9.17) is 4.42 Å². The number of para-hydroxylation sites is 1. The second-order valence-corrected chi connectivity index (χ2v) is 4.61. The molecule has 3 aromatic rings. The third-order valence-corrected chi connectivity index (χ3v) is 3.21. The number of hydrogen-bond acceptors (Lipinski definition) is 5. The van der Waals surface area contributed by atoms with Gasteiger partial charge in [0.05, 0.1) is 29.9 Å². The Bertz CT molecular complexity index is 817. The quantitative estimate of drug-likeness (QED) is 0.792. The minimum Gasteiger partial charge on any atom is -0.444 e. The van der Waals surface area contributed by atoms with Crippen molar-refractivity contribution in [2.45, 2.75) is 19.9 Å². The van der Waals surface area contributed by atoms with Crippen molar-refractivity contribution in [3.8, 4) is 6.07 Å². The van der Waals surface area contributed by atoms with Crippen LogP contribution in [-0.4, -0.2) is 9.97 Å². The maximum Gasteiger partial charge on any atom is 0.213 e. The van der Waals surface area contributed by atoms with Gasteiger partial charge in [0.25, 0.3) is 0 Å². The molecule has 5 nitrogen and oxygen atoms in total. The van der Waals surface area contributed by atoms with Gasteiger partial charge in [-0.1, -0.05) is 25.1 Å². The predicted molar refractivity (Wildman–Crippen MR) is 79.7 cm³/mol. The molecule has 2 heterocycles. The van der Waals surface area contributed by atoms with Crippen LogP contribution in [0.25, 0.3) is 10.9 Å². The minimum absolute atomic E-state index is 0.441. The van der Waals surface area contributed by atoms with Crippen LogP contribution < -0.4 is 5.32 Å². The molecule has 1 N–H and O–H groups in total. The summed E-state index contributed by atoms with van der Waals surface area (Å²) in [4.78, 5) is 8.68. The highest BCUT2D eigenvalue weighted by molar-refractivity contribution is 5.86. The molecule has 0 aliphatic heterocycles. The summed E-state index contributed by atoms with van der Waals surface area (Å²) in [5, 5.41) is 13.2. The van der Waals surface area contributed by atoms with Crippen molar-refractivity contribution in [1.82, 2.24) is 9.97 Å². The Hall–Kier alpha value is -2.87. The van der Waals surface area contributed by atoms with Gasteiger partial charge in [-0.25, -0.2) is 9.97 Å². The fourth-order valence-corrected chi connectivity index (χ4v) is 2.12. The number of nitriles is 1. The van der Waals surface area contributed by atoms with Crippen LogP contribution in [0, 0.1) is 11.3 Å². The van der Waals surface area contributed by atoms with E-state index in [1.165, 1.54) is 0 Å². The van der Waals surface area contributed by atoms with E-state index >= 15 is 0 Å². The highest BCUT2D eigenvalue weighted by Crippen LogP contribution is 2.20. The van der Waals surface area contributed by atoms with Crippen molar-refractivity contribution in [2.75, 3.05) is 5.32 Å². The van der Waals surface area contributed by atoms with E-state index in [9.17, 15) is 5.26 Å². The number of fused-ring (bicyclic) bond motifs is 1. The Labute approximate surface area is 122 Å². The van der Waals surface area contributed by atoms with Crippen molar-refractivity contribution in [3.63, 3.8) is 0 Å². The molecule has 0 amide bonds. The van der Waals surface area contributed by atoms with Crippen LogP contribution in [0.1, 0.15) is 24.1 Å². The van der Waals surface area contributed by atoms with Gasteiger partial charge in [-0.05, 0) is 12.1 Å². The van der Waals surface area contributed by atoms with Crippen molar-refractivity contribution in [1.29, 1.82) is 5.26 Å². The summed E-state index contributed by atoms with van der Waals surface area (Å²) in [6.07, 6.45) is 2.55. The van der Waals surface area contributed by atoms with E-state index in [-0.39, 0.29) is 0 Å². The van der Waals surface area contributed by atoms with Crippen LogP contribution in [0.5, 0.6) is 0 Å². The van der Waals surface area contributed by atoms with E-state index in [1.54, 1.807) is 12.3 Å². The standard InChI is InChI=1S/C16H14N4O/c1-2-12-9-19-16(21-12)10-18-15-7-11(8-17)13-5-3-4-6-14(13)20-15/h3-7,9H,2,10H2,1H3,(H,18,20). The number of oxazole rings is 1. The molecule has 21 heavy (non-hydrogen) atoms. The Morgan fingerprint density at radius 2 is 2.19 bits per heavy atom. The van der Waals surface area contributed by atoms with E-state index in [2.05, 4.69) is 21.4 Å². The molecule has 2 aromatic heterocycles. The molecule has 0 aliphatic rings. The second kappa shape index (κ2) is 5.63. The first-order valence-electron chi connectivity index (χ1n) is 6.77. The number of benzene rings is 1. The van der Waals surface area contributed by atoms with E-state index < -0.39 is 0 Å². The van der Waals surface area contributed by atoms with Gasteiger partial charge in [0, 0.05) is 11.8 Å². The molecule has 0 saturated carbocycles. The molecule has 0 saturated heterocycles. The number of anilines is 1. The first kappa shape index (κ1) is 13.1. The van der Waals surface area contributed by atoms with Crippen LogP contribution in [-0.2, 0) is 13.0 Å². The summed E-state index contributed by atoms with van der Waals surface area (Å²) in [6, 6.07) is 11.5. The summed E-state index contributed by atoms with van der Waals surface area (Å²) in [6.45, 7) is 2.46. The summed E-state index contributed by atoms with van der Waals surface area (Å²) in [5.41, 5.74) is 1.39. The maximum atomic E-state index is 9.24. The molecule has 3 rings (SSSR count). The highest BCUT2D eigenvalue weighted by atomic mass is 16.4. The van der Waals surface area contributed by atoms with Gasteiger partial charge < -0.3 is 9.73 Å². The predicted octanol–water partition coefficient (Wildman–Crippen LogP) is 3.27. The Morgan fingerprint density at radius 1 is 1.33 bits per heavy atom. The number of nitrogens with one attached hydrogen (secondary N) is 1. The normalized spacial score (nSPS) is 10.5. The molecule has 0 bridgehead atoms. The smallest absolute Gasteiger partial charge is 0.213 e. The van der Waals surface area contributed by atoms with Crippen LogP contribution >= 0.6 is 0 Å². The van der Waals surface area contributed by atoms with Gasteiger partial charge in [-0.3, -0.25) is 0 Å². The van der Waals surface area contributed by atoms with E-state index in [0.717, 1.165) is 23.1 Å². The number of aromatic nitrogens is 2. The lowest BCUT2D eigenvalue weighted by Crippen LogP contribution is -2.02. The molecule has 0 radical (unpaired) electrons. The summed E-state index contributed by atoms with van der Waals surface area (Å²) >= 11 is 0. The third kappa shape index (κ3) is 2.70. The van der Waals surface area contributed by atoms with Gasteiger partial charge in [-0.2, -0.15) is 5.26 Å². The van der Waals surface area contributed by atoms with Gasteiger partial charge in [0.1, 0.15) is 11.6 Å². The van der Waals surface area contributed by atoms with E-state index in [1.807, 2.05) is 31.2 Å². The highest BCUT2D eigenvalue weighted by Gasteiger charge is 2.06. The zero-order valence-electron chi connectivity index (χ0n) is 11.6. The molecule has 5 heteroatoms. The van der Waals surface area contributed by atoms with Gasteiger partial charge >= 0.3 is 0 Å². The Balaban J connectivity index is 1.85. The van der Waals surface area contributed by atoms with Gasteiger partial charge in [0.15, 0.2) is 0 Å². The molecule has 1 aromatic carbocycles. The lowest BCUT2D eigenvalue weighted by molar-refractivity contribution is 0.465. The first-order valence-corrected chi connectivity index (χ1v) is 6.77. The third-order valence-electron chi connectivity index (χ3n) is 3.21. The largest absolute Gasteiger partial charge is 0.444 e. The first-order chi connectivity index (χ1) is 10.3. The lowest BCUT2D eigenvalue weighted by Gasteiger charge is -2.06. The zero-order valence-corrected chi connectivity index (χ0v) is 11.6. The number of aryl methyl sites for hydroxylation is 1. The molecule has 0 aliphatic carbocycles. The van der Waals surface area contributed by atoms with Crippen LogP contribution in [0.3, 0.4) is 0 Å². The fourth-order valence-electron chi connectivity index (χ4n) is 2.12.